The van der Waals surface area contributed by atoms with Crippen molar-refractivity contribution < 1.29 is 23.8 Å². The third-order valence-corrected chi connectivity index (χ3v) is 4.80. The molecule has 1 saturated heterocycles. The number of likely N-dealkylation sites (tertiary alicyclic amines) is 1. The minimum Gasteiger partial charge on any atom is -0.487 e. The van der Waals surface area contributed by atoms with E-state index in [0.717, 1.165) is 0 Å². The van der Waals surface area contributed by atoms with Gasteiger partial charge in [-0.15, -0.1) is 0 Å². The number of nitrogens with zero attached hydrogens (tertiary/aromatic N) is 2. The molecule has 1 fully saturated rings. The van der Waals surface area contributed by atoms with E-state index in [1.807, 2.05) is 0 Å². The van der Waals surface area contributed by atoms with E-state index in [2.05, 4.69) is 15.6 Å². The van der Waals surface area contributed by atoms with Crippen LogP contribution in [0.4, 0.5) is 10.5 Å². The molecule has 4 rings (SSSR count). The summed E-state index contributed by atoms with van der Waals surface area (Å²) in [4.78, 5) is 30.7. The van der Waals surface area contributed by atoms with Gasteiger partial charge in [0.2, 0.25) is 5.91 Å². The molecule has 2 N–H and O–H groups in total. The highest BCUT2D eigenvalue weighted by Crippen LogP contribution is 2.33. The Bertz CT molecular complexity index is 892. The molecule has 0 aliphatic carbocycles. The topological polar surface area (TPSA) is 102 Å². The van der Waals surface area contributed by atoms with E-state index in [4.69, 9.17) is 14.2 Å². The van der Waals surface area contributed by atoms with Crippen LogP contribution >= 0.6 is 0 Å². The lowest BCUT2D eigenvalue weighted by Gasteiger charge is -2.24. The Morgan fingerprint density at radius 2 is 2.03 bits per heavy atom. The minimum atomic E-state index is -0.626. The number of aromatic nitrogens is 1. The Labute approximate surface area is 168 Å². The first-order chi connectivity index (χ1) is 14.1. The van der Waals surface area contributed by atoms with Crippen LogP contribution in [0, 0.1) is 0 Å². The van der Waals surface area contributed by atoms with Gasteiger partial charge in [0, 0.05) is 31.4 Å². The summed E-state index contributed by atoms with van der Waals surface area (Å²) in [7, 11) is 1.55. The smallest absolute Gasteiger partial charge is 0.322 e. The van der Waals surface area contributed by atoms with Gasteiger partial charge in [-0.1, -0.05) is 0 Å². The van der Waals surface area contributed by atoms with Gasteiger partial charge in [0.05, 0.1) is 12.7 Å². The third kappa shape index (κ3) is 4.18. The van der Waals surface area contributed by atoms with Gasteiger partial charge < -0.3 is 29.7 Å². The number of likely N-dealkylation sites (N-methyl/N-ethyl adjacent to an activating group) is 1. The average Bonchev–Trinajstić information content (AvgIpc) is 3.18. The van der Waals surface area contributed by atoms with Gasteiger partial charge >= 0.3 is 6.03 Å². The molecule has 1 aromatic heterocycles. The quantitative estimate of drug-likeness (QED) is 0.812. The first-order valence-electron chi connectivity index (χ1n) is 9.39. The molecule has 0 radical (unpaired) electrons. The number of pyridine rings is 1. The number of carbonyl (C=O) groups excluding carboxylic acids is 2. The second kappa shape index (κ2) is 8.26. The lowest BCUT2D eigenvalue weighted by molar-refractivity contribution is -0.124. The van der Waals surface area contributed by atoms with Crippen molar-refractivity contribution in [1.29, 1.82) is 0 Å². The predicted octanol–water partition coefficient (Wildman–Crippen LogP) is 1.65. The highest BCUT2D eigenvalue weighted by atomic mass is 16.6. The van der Waals surface area contributed by atoms with Crippen LogP contribution in [0.5, 0.6) is 17.2 Å². The standard InChI is InChI=1S/C20H22N4O5/c1-21-19(25)16-10-15(29-14-3-2-6-22-11-14)12-24(16)20(26)23-13-4-5-17-18(9-13)28-8-7-27-17/h2-6,9,11,15-16H,7-8,10,12H2,1H3,(H,21,25)(H,23,26)/t15-,16+/m0/s1. The van der Waals surface area contributed by atoms with Crippen molar-refractivity contribution in [3.63, 3.8) is 0 Å². The minimum absolute atomic E-state index is 0.236. The Hall–Kier alpha value is -3.49. The first-order valence-corrected chi connectivity index (χ1v) is 9.39. The molecule has 0 unspecified atom stereocenters. The van der Waals surface area contributed by atoms with Crippen LogP contribution in [0.3, 0.4) is 0 Å². The first kappa shape index (κ1) is 18.9. The van der Waals surface area contributed by atoms with Crippen molar-refractivity contribution in [2.75, 3.05) is 32.1 Å². The van der Waals surface area contributed by atoms with Crippen molar-refractivity contribution in [1.82, 2.24) is 15.2 Å². The van der Waals surface area contributed by atoms with Crippen molar-refractivity contribution >= 4 is 17.6 Å². The lowest BCUT2D eigenvalue weighted by atomic mass is 10.2. The van der Waals surface area contributed by atoms with Crippen LogP contribution in [0.1, 0.15) is 6.42 Å². The van der Waals surface area contributed by atoms with Crippen LogP contribution in [-0.2, 0) is 4.79 Å². The number of benzene rings is 1. The van der Waals surface area contributed by atoms with Crippen molar-refractivity contribution in [3.8, 4) is 17.2 Å². The highest BCUT2D eigenvalue weighted by molar-refractivity contribution is 5.94. The summed E-state index contributed by atoms with van der Waals surface area (Å²) in [6, 6.07) is 7.75. The molecule has 2 aromatic rings. The summed E-state index contributed by atoms with van der Waals surface area (Å²) in [5, 5.41) is 5.45. The molecule has 0 spiro atoms. The van der Waals surface area contributed by atoms with Crippen LogP contribution in [0.25, 0.3) is 0 Å². The number of hydrogen-bond acceptors (Lipinski definition) is 6. The Balaban J connectivity index is 1.47. The molecule has 29 heavy (non-hydrogen) atoms. The molecule has 9 heteroatoms. The lowest BCUT2D eigenvalue weighted by Crippen LogP contribution is -2.46. The molecule has 0 bridgehead atoms. The fourth-order valence-corrected chi connectivity index (χ4v) is 3.45. The molecule has 3 heterocycles. The zero-order valence-corrected chi connectivity index (χ0v) is 16.0. The fourth-order valence-electron chi connectivity index (χ4n) is 3.45. The molecular weight excluding hydrogens is 376 g/mol. The number of urea groups is 1. The summed E-state index contributed by atoms with van der Waals surface area (Å²) in [5.41, 5.74) is 0.562. The van der Waals surface area contributed by atoms with Crippen molar-refractivity contribution in [2.45, 2.75) is 18.6 Å². The van der Waals surface area contributed by atoms with Crippen molar-refractivity contribution in [3.05, 3.63) is 42.7 Å². The Morgan fingerprint density at radius 3 is 2.79 bits per heavy atom. The van der Waals surface area contributed by atoms with Gasteiger partial charge in [-0.2, -0.15) is 0 Å². The van der Waals surface area contributed by atoms with E-state index < -0.39 is 6.04 Å². The number of amides is 3. The van der Waals surface area contributed by atoms with Gasteiger partial charge in [0.15, 0.2) is 11.5 Å². The number of ether oxygens (including phenoxy) is 3. The van der Waals surface area contributed by atoms with Gasteiger partial charge in [0.1, 0.15) is 31.1 Å². The monoisotopic (exact) mass is 398 g/mol. The number of hydrogen-bond donors (Lipinski definition) is 2. The summed E-state index contributed by atoms with van der Waals surface area (Å²) in [6.45, 7) is 1.24. The molecule has 1 aromatic carbocycles. The fraction of sp³-hybridized carbons (Fsp3) is 0.350. The molecule has 9 nitrogen and oxygen atoms in total. The largest absolute Gasteiger partial charge is 0.487 e. The zero-order valence-electron chi connectivity index (χ0n) is 16.0. The summed E-state index contributed by atoms with van der Waals surface area (Å²) in [5.74, 6) is 1.58. The van der Waals surface area contributed by atoms with Crippen LogP contribution in [-0.4, -0.2) is 60.8 Å². The summed E-state index contributed by atoms with van der Waals surface area (Å²) >= 11 is 0. The van der Waals surface area contributed by atoms with Gasteiger partial charge in [-0.3, -0.25) is 9.78 Å². The maximum atomic E-state index is 12.9. The maximum absolute atomic E-state index is 12.9. The SMILES string of the molecule is CNC(=O)[C@H]1C[C@H](Oc2cccnc2)CN1C(=O)Nc1ccc2c(c1)OCCO2. The Kier molecular flexibility index (Phi) is 5.37. The second-order valence-corrected chi connectivity index (χ2v) is 6.74. The molecule has 2 aliphatic rings. The normalized spacial score (nSPS) is 20.1. The highest BCUT2D eigenvalue weighted by Gasteiger charge is 2.40. The predicted molar refractivity (Wildman–Crippen MR) is 104 cm³/mol. The number of carbonyl (C=O) groups is 2. The van der Waals surface area contributed by atoms with E-state index in [1.54, 1.807) is 49.8 Å². The third-order valence-electron chi connectivity index (χ3n) is 4.80. The molecule has 2 atom stereocenters. The summed E-state index contributed by atoms with van der Waals surface area (Å²) < 4.78 is 17.0. The molecular formula is C20H22N4O5. The van der Waals surface area contributed by atoms with E-state index in [1.165, 1.54) is 4.90 Å². The molecule has 0 saturated carbocycles. The average molecular weight is 398 g/mol. The number of rotatable bonds is 4. The van der Waals surface area contributed by atoms with Crippen LogP contribution in [0.2, 0.25) is 0 Å². The number of fused-ring (bicyclic) bond motifs is 1. The zero-order chi connectivity index (χ0) is 20.2. The molecule has 2 aliphatic heterocycles. The summed E-state index contributed by atoms with van der Waals surface area (Å²) in [6.07, 6.45) is 3.34. The van der Waals surface area contributed by atoms with Gasteiger partial charge in [-0.05, 0) is 24.3 Å². The van der Waals surface area contributed by atoms with E-state index in [0.29, 0.717) is 42.6 Å². The maximum Gasteiger partial charge on any atom is 0.322 e. The second-order valence-electron chi connectivity index (χ2n) is 6.74. The van der Waals surface area contributed by atoms with E-state index >= 15 is 0 Å². The van der Waals surface area contributed by atoms with Crippen LogP contribution in [0.15, 0.2) is 42.7 Å². The van der Waals surface area contributed by atoms with Crippen molar-refractivity contribution in [2.24, 2.45) is 0 Å². The van der Waals surface area contributed by atoms with E-state index in [9.17, 15) is 9.59 Å². The Morgan fingerprint density at radius 1 is 1.21 bits per heavy atom. The van der Waals surface area contributed by atoms with E-state index in [-0.39, 0.29) is 24.6 Å². The number of anilines is 1. The van der Waals surface area contributed by atoms with Gasteiger partial charge in [0.25, 0.3) is 0 Å². The van der Waals surface area contributed by atoms with Gasteiger partial charge in [-0.25, -0.2) is 4.79 Å². The van der Waals surface area contributed by atoms with Crippen LogP contribution < -0.4 is 24.8 Å². The number of nitrogens with one attached hydrogen (secondary N) is 2. The molecule has 3 amide bonds. The molecule has 152 valence electrons.